The van der Waals surface area contributed by atoms with E-state index < -0.39 is 12.1 Å². The molecule has 0 spiro atoms. The second-order valence-electron chi connectivity index (χ2n) is 24.9. The monoisotopic (exact) mass is 1090 g/mol. The van der Waals surface area contributed by atoms with Gasteiger partial charge in [0, 0.05) is 12.8 Å². The molecular formula is C71H141NO5. The third kappa shape index (κ3) is 63.9. The molecule has 460 valence electrons. The normalized spacial score (nSPS) is 12.4. The van der Waals surface area contributed by atoms with E-state index in [4.69, 9.17) is 4.74 Å². The lowest BCUT2D eigenvalue weighted by Gasteiger charge is -2.22. The molecule has 0 aromatic heterocycles. The second-order valence-corrected chi connectivity index (χ2v) is 24.9. The van der Waals surface area contributed by atoms with Gasteiger partial charge in [-0.25, -0.2) is 0 Å². The van der Waals surface area contributed by atoms with Gasteiger partial charge in [0.05, 0.1) is 25.4 Å². The molecule has 0 rings (SSSR count). The molecule has 0 heterocycles. The minimum absolute atomic E-state index is 0.0175. The Morgan fingerprint density at radius 1 is 0.312 bits per heavy atom. The number of esters is 1. The molecule has 0 bridgehead atoms. The van der Waals surface area contributed by atoms with Crippen molar-refractivity contribution in [1.82, 2.24) is 5.32 Å². The van der Waals surface area contributed by atoms with Crippen LogP contribution in [0.1, 0.15) is 418 Å². The predicted octanol–water partition coefficient (Wildman–Crippen LogP) is 23.0. The van der Waals surface area contributed by atoms with E-state index in [0.717, 1.165) is 38.5 Å². The Morgan fingerprint density at radius 3 is 0.792 bits per heavy atom. The number of carbonyl (C=O) groups is 2. The molecule has 0 aromatic rings. The van der Waals surface area contributed by atoms with E-state index in [2.05, 4.69) is 19.2 Å². The maximum absolute atomic E-state index is 12.6. The van der Waals surface area contributed by atoms with Gasteiger partial charge in [0.2, 0.25) is 5.91 Å². The molecular weight excluding hydrogens is 947 g/mol. The van der Waals surface area contributed by atoms with Crippen LogP contribution in [0.3, 0.4) is 0 Å². The van der Waals surface area contributed by atoms with Crippen molar-refractivity contribution in [2.45, 2.75) is 431 Å². The number of aliphatic hydroxyl groups excluding tert-OH is 2. The smallest absolute Gasteiger partial charge is 0.305 e. The molecule has 77 heavy (non-hydrogen) atoms. The lowest BCUT2D eigenvalue weighted by atomic mass is 10.0. The number of amides is 1. The van der Waals surface area contributed by atoms with Crippen LogP contribution in [0.4, 0.5) is 0 Å². The number of carbonyl (C=O) groups excluding carboxylic acids is 2. The van der Waals surface area contributed by atoms with Crippen molar-refractivity contribution in [3.8, 4) is 0 Å². The summed E-state index contributed by atoms with van der Waals surface area (Å²) in [6, 6.07) is -0.540. The van der Waals surface area contributed by atoms with Crippen LogP contribution in [0.15, 0.2) is 0 Å². The number of nitrogens with one attached hydrogen (secondary N) is 1. The standard InChI is InChI=1S/C71H141NO5/c1-3-5-7-9-11-13-15-16-17-18-19-20-21-25-28-31-34-37-40-44-47-51-55-59-63-69(74)68(67-73)72-70(75)64-60-56-52-48-45-41-38-35-32-29-26-23-22-24-27-30-33-36-39-42-46-50-54-58-62-66-77-71(76)65-61-57-53-49-43-14-12-10-8-6-4-2/h68-69,73-74H,3-67H2,1-2H3,(H,72,75). The maximum Gasteiger partial charge on any atom is 0.305 e. The highest BCUT2D eigenvalue weighted by molar-refractivity contribution is 5.76. The zero-order valence-electron chi connectivity index (χ0n) is 52.7. The molecule has 6 heteroatoms. The quantitative estimate of drug-likeness (QED) is 0.0417. The fourth-order valence-corrected chi connectivity index (χ4v) is 11.7. The molecule has 0 fully saturated rings. The summed E-state index contributed by atoms with van der Waals surface area (Å²) in [5.74, 6) is -0.00972. The van der Waals surface area contributed by atoms with Gasteiger partial charge >= 0.3 is 5.97 Å². The fourth-order valence-electron chi connectivity index (χ4n) is 11.7. The van der Waals surface area contributed by atoms with Gasteiger partial charge in [-0.15, -0.1) is 0 Å². The highest BCUT2D eigenvalue weighted by Crippen LogP contribution is 2.20. The van der Waals surface area contributed by atoms with Crippen molar-refractivity contribution in [2.24, 2.45) is 0 Å². The molecule has 6 nitrogen and oxygen atoms in total. The van der Waals surface area contributed by atoms with E-state index in [1.807, 2.05) is 0 Å². The minimum atomic E-state index is -0.663. The highest BCUT2D eigenvalue weighted by atomic mass is 16.5. The molecule has 0 radical (unpaired) electrons. The third-order valence-electron chi connectivity index (χ3n) is 17.2. The number of rotatable bonds is 68. The van der Waals surface area contributed by atoms with Crippen LogP contribution >= 0.6 is 0 Å². The van der Waals surface area contributed by atoms with Gasteiger partial charge in [-0.05, 0) is 25.7 Å². The first-order valence-corrected chi connectivity index (χ1v) is 35.8. The molecule has 0 saturated carbocycles. The summed E-state index contributed by atoms with van der Waals surface area (Å²) in [7, 11) is 0. The van der Waals surface area contributed by atoms with Gasteiger partial charge < -0.3 is 20.3 Å². The summed E-state index contributed by atoms with van der Waals surface area (Å²) in [6.07, 6.45) is 81.6. The predicted molar refractivity (Wildman–Crippen MR) is 338 cm³/mol. The number of hydrogen-bond acceptors (Lipinski definition) is 5. The van der Waals surface area contributed by atoms with Crippen molar-refractivity contribution < 1.29 is 24.5 Å². The Hall–Kier alpha value is -1.14. The zero-order valence-corrected chi connectivity index (χ0v) is 52.7. The van der Waals surface area contributed by atoms with E-state index in [-0.39, 0.29) is 18.5 Å². The summed E-state index contributed by atoms with van der Waals surface area (Å²) in [5, 5.41) is 23.5. The number of hydrogen-bond donors (Lipinski definition) is 3. The Labute approximate surface area is 483 Å². The maximum atomic E-state index is 12.6. The number of unbranched alkanes of at least 4 members (excludes halogenated alkanes) is 57. The first-order valence-electron chi connectivity index (χ1n) is 35.8. The SMILES string of the molecule is CCCCCCCCCCCCCCCCCCCCCCCCCCC(O)C(CO)NC(=O)CCCCCCCCCCCCCCCCCCCCCCCCCCCOC(=O)CCCCCCCCCCCCC. The van der Waals surface area contributed by atoms with Crippen molar-refractivity contribution in [3.63, 3.8) is 0 Å². The summed E-state index contributed by atoms with van der Waals surface area (Å²) in [4.78, 5) is 24.6. The van der Waals surface area contributed by atoms with Crippen molar-refractivity contribution in [1.29, 1.82) is 0 Å². The molecule has 1 amide bonds. The van der Waals surface area contributed by atoms with E-state index in [1.165, 1.54) is 347 Å². The number of ether oxygens (including phenoxy) is 1. The average Bonchev–Trinajstić information content (AvgIpc) is 3.43. The zero-order chi connectivity index (χ0) is 55.7. The molecule has 0 aliphatic rings. The van der Waals surface area contributed by atoms with Gasteiger partial charge in [0.1, 0.15) is 0 Å². The largest absolute Gasteiger partial charge is 0.466 e. The van der Waals surface area contributed by atoms with Crippen molar-refractivity contribution >= 4 is 11.9 Å². The Bertz CT molecular complexity index is 1120. The Balaban J connectivity index is 3.36. The van der Waals surface area contributed by atoms with Crippen molar-refractivity contribution in [2.75, 3.05) is 13.2 Å². The van der Waals surface area contributed by atoms with Gasteiger partial charge in [-0.1, -0.05) is 380 Å². The molecule has 0 saturated heterocycles. The molecule has 0 aliphatic heterocycles. The fraction of sp³-hybridized carbons (Fsp3) is 0.972. The Morgan fingerprint density at radius 2 is 0.532 bits per heavy atom. The number of aliphatic hydroxyl groups is 2. The van der Waals surface area contributed by atoms with Gasteiger partial charge in [-0.2, -0.15) is 0 Å². The van der Waals surface area contributed by atoms with E-state index >= 15 is 0 Å². The lowest BCUT2D eigenvalue weighted by Crippen LogP contribution is -2.45. The van der Waals surface area contributed by atoms with E-state index in [1.54, 1.807) is 0 Å². The van der Waals surface area contributed by atoms with Crippen LogP contribution in [0.25, 0.3) is 0 Å². The van der Waals surface area contributed by atoms with Gasteiger partial charge in [0.15, 0.2) is 0 Å². The third-order valence-corrected chi connectivity index (χ3v) is 17.2. The van der Waals surface area contributed by atoms with Crippen molar-refractivity contribution in [3.05, 3.63) is 0 Å². The molecule has 2 atom stereocenters. The van der Waals surface area contributed by atoms with E-state index in [9.17, 15) is 19.8 Å². The van der Waals surface area contributed by atoms with Crippen LogP contribution in [-0.4, -0.2) is 47.4 Å². The average molecular weight is 1090 g/mol. The van der Waals surface area contributed by atoms with Gasteiger partial charge in [-0.3, -0.25) is 9.59 Å². The highest BCUT2D eigenvalue weighted by Gasteiger charge is 2.20. The minimum Gasteiger partial charge on any atom is -0.466 e. The van der Waals surface area contributed by atoms with Crippen LogP contribution in [-0.2, 0) is 14.3 Å². The first-order chi connectivity index (χ1) is 38.0. The van der Waals surface area contributed by atoms with Crippen LogP contribution < -0.4 is 5.32 Å². The lowest BCUT2D eigenvalue weighted by molar-refractivity contribution is -0.143. The molecule has 0 aromatic carbocycles. The summed E-state index contributed by atoms with van der Waals surface area (Å²) >= 11 is 0. The second kappa shape index (κ2) is 67.4. The van der Waals surface area contributed by atoms with Crippen LogP contribution in [0.5, 0.6) is 0 Å². The summed E-state index contributed by atoms with van der Waals surface area (Å²) < 4.78 is 5.48. The molecule has 2 unspecified atom stereocenters. The van der Waals surface area contributed by atoms with Crippen LogP contribution in [0.2, 0.25) is 0 Å². The van der Waals surface area contributed by atoms with E-state index in [0.29, 0.717) is 25.9 Å². The topological polar surface area (TPSA) is 95.9 Å². The Kier molecular flexibility index (Phi) is 66.4. The summed E-state index contributed by atoms with van der Waals surface area (Å²) in [5.41, 5.74) is 0. The van der Waals surface area contributed by atoms with Gasteiger partial charge in [0.25, 0.3) is 0 Å². The molecule has 3 N–H and O–H groups in total. The first kappa shape index (κ1) is 75.9. The molecule has 0 aliphatic carbocycles. The van der Waals surface area contributed by atoms with Crippen LogP contribution in [0, 0.1) is 0 Å². The summed E-state index contributed by atoms with van der Waals surface area (Å²) in [6.45, 7) is 5.00.